The number of carbonyl (C=O) groups excluding carboxylic acids is 1. The fourth-order valence-corrected chi connectivity index (χ4v) is 4.89. The van der Waals surface area contributed by atoms with Crippen LogP contribution in [0.3, 0.4) is 0 Å². The van der Waals surface area contributed by atoms with Gasteiger partial charge in [-0.15, -0.1) is 0 Å². The number of benzene rings is 2. The molecule has 1 amide bonds. The summed E-state index contributed by atoms with van der Waals surface area (Å²) >= 11 is 0. The van der Waals surface area contributed by atoms with Gasteiger partial charge in [0.25, 0.3) is 0 Å². The fourth-order valence-electron chi connectivity index (χ4n) is 3.73. The minimum absolute atomic E-state index is 0.373. The highest BCUT2D eigenvalue weighted by atomic mass is 32.2. The summed E-state index contributed by atoms with van der Waals surface area (Å²) in [5.41, 5.74) is 3.21. The van der Waals surface area contributed by atoms with E-state index in [2.05, 4.69) is 10.2 Å². The van der Waals surface area contributed by atoms with Crippen molar-refractivity contribution in [3.05, 3.63) is 54.1 Å². The lowest BCUT2D eigenvalue weighted by molar-refractivity contribution is -0.116. The summed E-state index contributed by atoms with van der Waals surface area (Å²) in [5, 5.41) is 2.85. The molecule has 2 aromatic rings. The van der Waals surface area contributed by atoms with E-state index in [0.717, 1.165) is 34.9 Å². The molecule has 1 atom stereocenters. The van der Waals surface area contributed by atoms with Crippen molar-refractivity contribution in [3.63, 3.8) is 0 Å². The first-order chi connectivity index (χ1) is 13.8. The van der Waals surface area contributed by atoms with E-state index in [0.29, 0.717) is 11.4 Å². The Labute approximate surface area is 173 Å². The fraction of sp³-hybridized carbons (Fsp3) is 0.409. The Morgan fingerprint density at radius 3 is 2.31 bits per heavy atom. The molecule has 0 saturated carbocycles. The third kappa shape index (κ3) is 5.29. The second-order valence-corrected chi connectivity index (χ2v) is 9.52. The van der Waals surface area contributed by atoms with E-state index >= 15 is 0 Å². The summed E-state index contributed by atoms with van der Waals surface area (Å²) in [5.74, 6) is -0.373. The molecule has 6 nitrogen and oxygen atoms in total. The predicted octanol–water partition coefficient (Wildman–Crippen LogP) is 3.78. The maximum absolute atomic E-state index is 12.8. The second kappa shape index (κ2) is 8.86. The Morgan fingerprint density at radius 1 is 1.07 bits per heavy atom. The minimum Gasteiger partial charge on any atom is -0.372 e. The number of nitrogens with zero attached hydrogens (tertiary/aromatic N) is 2. The van der Waals surface area contributed by atoms with Gasteiger partial charge in [0.15, 0.2) is 0 Å². The second-order valence-electron chi connectivity index (χ2n) is 7.66. The van der Waals surface area contributed by atoms with Gasteiger partial charge in [0.2, 0.25) is 15.9 Å². The van der Waals surface area contributed by atoms with Crippen LogP contribution < -0.4 is 14.5 Å². The molecule has 1 fully saturated rings. The highest BCUT2D eigenvalue weighted by Gasteiger charge is 2.29. The molecule has 0 radical (unpaired) electrons. The smallest absolute Gasteiger partial charge is 0.247 e. The molecule has 0 unspecified atom stereocenters. The Kier molecular flexibility index (Phi) is 6.47. The summed E-state index contributed by atoms with van der Waals surface area (Å²) in [6, 6.07) is 14.0. The Balaban J connectivity index is 1.74. The Bertz CT molecular complexity index is 952. The molecule has 1 N–H and O–H groups in total. The van der Waals surface area contributed by atoms with Crippen molar-refractivity contribution in [2.24, 2.45) is 0 Å². The number of aryl methyl sites for hydroxylation is 1. The topological polar surface area (TPSA) is 69.7 Å². The predicted molar refractivity (Wildman–Crippen MR) is 119 cm³/mol. The Hall–Kier alpha value is -2.54. The highest BCUT2D eigenvalue weighted by molar-refractivity contribution is 7.92. The van der Waals surface area contributed by atoms with Gasteiger partial charge < -0.3 is 10.2 Å². The first kappa shape index (κ1) is 21.2. The average molecular weight is 416 g/mol. The Morgan fingerprint density at radius 2 is 1.72 bits per heavy atom. The molecule has 1 heterocycles. The SMILES string of the molecule is Cc1cccc(N([C@@H](C)C(=O)Nc2ccc(N3CCCCC3)cc2)S(C)(=O)=O)c1. The van der Waals surface area contributed by atoms with Crippen LogP contribution >= 0.6 is 0 Å². The molecule has 0 bridgehead atoms. The lowest BCUT2D eigenvalue weighted by Gasteiger charge is -2.29. The summed E-state index contributed by atoms with van der Waals surface area (Å²) < 4.78 is 26.0. The summed E-state index contributed by atoms with van der Waals surface area (Å²) in [6.45, 7) is 5.60. The van der Waals surface area contributed by atoms with Gasteiger partial charge in [-0.25, -0.2) is 8.42 Å². The maximum atomic E-state index is 12.8. The zero-order valence-corrected chi connectivity index (χ0v) is 18.1. The quantitative estimate of drug-likeness (QED) is 0.780. The number of carbonyl (C=O) groups is 1. The molecule has 29 heavy (non-hydrogen) atoms. The normalized spacial score (nSPS) is 15.6. The summed E-state index contributed by atoms with van der Waals surface area (Å²) in [6.07, 6.45) is 4.80. The van der Waals surface area contributed by atoms with Crippen LogP contribution in [0.15, 0.2) is 48.5 Å². The zero-order valence-electron chi connectivity index (χ0n) is 17.3. The molecule has 0 spiro atoms. The van der Waals surface area contributed by atoms with E-state index < -0.39 is 16.1 Å². The van der Waals surface area contributed by atoms with Gasteiger partial charge in [0.05, 0.1) is 11.9 Å². The maximum Gasteiger partial charge on any atom is 0.247 e. The van der Waals surface area contributed by atoms with Crippen LogP contribution in [0.25, 0.3) is 0 Å². The van der Waals surface area contributed by atoms with Gasteiger partial charge in [-0.05, 0) is 75.1 Å². The van der Waals surface area contributed by atoms with E-state index in [1.807, 2.05) is 37.3 Å². The third-order valence-electron chi connectivity index (χ3n) is 5.20. The number of sulfonamides is 1. The highest BCUT2D eigenvalue weighted by Crippen LogP contribution is 2.24. The summed E-state index contributed by atoms with van der Waals surface area (Å²) in [4.78, 5) is 15.2. The molecule has 1 aliphatic rings. The number of rotatable bonds is 6. The monoisotopic (exact) mass is 415 g/mol. The van der Waals surface area contributed by atoms with Gasteiger partial charge in [0.1, 0.15) is 6.04 Å². The largest absolute Gasteiger partial charge is 0.372 e. The number of hydrogen-bond donors (Lipinski definition) is 1. The van der Waals surface area contributed by atoms with Crippen LogP contribution in [0.2, 0.25) is 0 Å². The summed E-state index contributed by atoms with van der Waals surface area (Å²) in [7, 11) is -3.63. The number of anilines is 3. The van der Waals surface area contributed by atoms with E-state index in [-0.39, 0.29) is 5.91 Å². The molecule has 7 heteroatoms. The molecule has 1 saturated heterocycles. The van der Waals surface area contributed by atoms with E-state index in [1.54, 1.807) is 25.1 Å². The number of hydrogen-bond acceptors (Lipinski definition) is 4. The van der Waals surface area contributed by atoms with Crippen molar-refractivity contribution in [1.82, 2.24) is 0 Å². The van der Waals surface area contributed by atoms with Crippen molar-refractivity contribution >= 4 is 33.0 Å². The molecule has 156 valence electrons. The number of amides is 1. The van der Waals surface area contributed by atoms with E-state index in [4.69, 9.17) is 0 Å². The van der Waals surface area contributed by atoms with Gasteiger partial charge in [-0.3, -0.25) is 9.10 Å². The zero-order chi connectivity index (χ0) is 21.0. The molecule has 0 aromatic heterocycles. The molecule has 3 rings (SSSR count). The van der Waals surface area contributed by atoms with Gasteiger partial charge in [0, 0.05) is 24.5 Å². The van der Waals surface area contributed by atoms with E-state index in [9.17, 15) is 13.2 Å². The van der Waals surface area contributed by atoms with Crippen LogP contribution in [0.4, 0.5) is 17.1 Å². The standard InChI is InChI=1S/C22H29N3O3S/c1-17-8-7-9-21(16-17)25(29(3,27)28)18(2)22(26)23-19-10-12-20(13-11-19)24-14-5-4-6-15-24/h7-13,16,18H,4-6,14-15H2,1-3H3,(H,23,26)/t18-/m0/s1. The van der Waals surface area contributed by atoms with Crippen LogP contribution in [-0.4, -0.2) is 39.7 Å². The lowest BCUT2D eigenvalue weighted by atomic mass is 10.1. The van der Waals surface area contributed by atoms with Gasteiger partial charge in [-0.2, -0.15) is 0 Å². The van der Waals surface area contributed by atoms with Crippen molar-refractivity contribution in [2.75, 3.05) is 33.9 Å². The van der Waals surface area contributed by atoms with Crippen LogP contribution in [0, 0.1) is 6.92 Å². The first-order valence-corrected chi connectivity index (χ1v) is 11.8. The van der Waals surface area contributed by atoms with E-state index in [1.165, 1.54) is 19.3 Å². The van der Waals surface area contributed by atoms with Crippen molar-refractivity contribution in [3.8, 4) is 0 Å². The first-order valence-electron chi connectivity index (χ1n) is 9.97. The molecular weight excluding hydrogens is 386 g/mol. The van der Waals surface area contributed by atoms with Gasteiger partial charge in [-0.1, -0.05) is 12.1 Å². The molecular formula is C22H29N3O3S. The van der Waals surface area contributed by atoms with Crippen LogP contribution in [0.1, 0.15) is 31.7 Å². The molecule has 0 aliphatic carbocycles. The van der Waals surface area contributed by atoms with Crippen molar-refractivity contribution < 1.29 is 13.2 Å². The van der Waals surface area contributed by atoms with Crippen molar-refractivity contribution in [2.45, 2.75) is 39.2 Å². The molecule has 2 aromatic carbocycles. The van der Waals surface area contributed by atoms with Gasteiger partial charge >= 0.3 is 0 Å². The van der Waals surface area contributed by atoms with Crippen LogP contribution in [-0.2, 0) is 14.8 Å². The average Bonchev–Trinajstić information content (AvgIpc) is 2.68. The third-order valence-corrected chi connectivity index (χ3v) is 6.44. The number of nitrogens with one attached hydrogen (secondary N) is 1. The number of piperidine rings is 1. The van der Waals surface area contributed by atoms with Crippen molar-refractivity contribution in [1.29, 1.82) is 0 Å². The molecule has 1 aliphatic heterocycles. The lowest BCUT2D eigenvalue weighted by Crippen LogP contribution is -2.45. The van der Waals surface area contributed by atoms with Crippen LogP contribution in [0.5, 0.6) is 0 Å². The minimum atomic E-state index is -3.63.